The van der Waals surface area contributed by atoms with Gasteiger partial charge in [-0.15, -0.1) is 0 Å². The highest BCUT2D eigenvalue weighted by Gasteiger charge is 2.39. The molecule has 1 N–H and O–H groups in total. The van der Waals surface area contributed by atoms with Gasteiger partial charge in [0, 0.05) is 34.2 Å². The van der Waals surface area contributed by atoms with Crippen LogP contribution in [0.4, 0.5) is 0 Å². The fourth-order valence-electron chi connectivity index (χ4n) is 4.47. The van der Waals surface area contributed by atoms with E-state index < -0.39 is 0 Å². The Morgan fingerprint density at radius 1 is 1.25 bits per heavy atom. The first-order valence-electron chi connectivity index (χ1n) is 7.62. The van der Waals surface area contributed by atoms with Gasteiger partial charge in [0.2, 0.25) is 0 Å². The lowest BCUT2D eigenvalue weighted by Crippen LogP contribution is -2.16. The zero-order valence-corrected chi connectivity index (χ0v) is 12.3. The van der Waals surface area contributed by atoms with E-state index in [1.54, 1.807) is 0 Å². The van der Waals surface area contributed by atoms with Crippen LogP contribution in [-0.4, -0.2) is 9.67 Å². The normalized spacial score (nSPS) is 28.6. The number of aromatic nitrogens is 1. The molecule has 0 amide bonds. The smallest absolute Gasteiger partial charge is 0.0702 e. The molecule has 0 aliphatic heterocycles. The Kier molecular flexibility index (Phi) is 3.04. The SMILES string of the molecule is OCc1cn(CC2CC3CCC2C3)c2cc(Cl)ccc12. The zero-order valence-electron chi connectivity index (χ0n) is 11.6. The van der Waals surface area contributed by atoms with Gasteiger partial charge in [-0.05, 0) is 49.1 Å². The van der Waals surface area contributed by atoms with Crippen molar-refractivity contribution >= 4 is 22.5 Å². The molecule has 2 fully saturated rings. The minimum Gasteiger partial charge on any atom is -0.392 e. The van der Waals surface area contributed by atoms with Crippen molar-refractivity contribution in [2.24, 2.45) is 17.8 Å². The van der Waals surface area contributed by atoms with Gasteiger partial charge < -0.3 is 9.67 Å². The molecule has 20 heavy (non-hydrogen) atoms. The molecular weight excluding hydrogens is 270 g/mol. The lowest BCUT2D eigenvalue weighted by molar-refractivity contribution is 0.280. The molecule has 0 saturated heterocycles. The lowest BCUT2D eigenvalue weighted by Gasteiger charge is -2.22. The van der Waals surface area contributed by atoms with Crippen molar-refractivity contribution in [1.82, 2.24) is 4.57 Å². The van der Waals surface area contributed by atoms with E-state index in [0.717, 1.165) is 40.3 Å². The monoisotopic (exact) mass is 289 g/mol. The van der Waals surface area contributed by atoms with Gasteiger partial charge in [0.1, 0.15) is 0 Å². The summed E-state index contributed by atoms with van der Waals surface area (Å²) in [5.74, 6) is 2.72. The number of nitrogens with zero attached hydrogens (tertiary/aromatic N) is 1. The topological polar surface area (TPSA) is 25.2 Å². The van der Waals surface area contributed by atoms with E-state index in [2.05, 4.69) is 10.8 Å². The summed E-state index contributed by atoms with van der Waals surface area (Å²) in [6.45, 7) is 1.18. The van der Waals surface area contributed by atoms with Crippen molar-refractivity contribution in [3.63, 3.8) is 0 Å². The summed E-state index contributed by atoms with van der Waals surface area (Å²) in [6.07, 6.45) is 7.81. The quantitative estimate of drug-likeness (QED) is 0.899. The Bertz CT molecular complexity index is 648. The Morgan fingerprint density at radius 2 is 2.15 bits per heavy atom. The van der Waals surface area contributed by atoms with Crippen LogP contribution in [0.1, 0.15) is 31.2 Å². The van der Waals surface area contributed by atoms with Crippen LogP contribution in [0.25, 0.3) is 10.9 Å². The molecule has 0 radical (unpaired) electrons. The molecular formula is C17H20ClNO. The molecule has 1 aromatic carbocycles. The van der Waals surface area contributed by atoms with Crippen LogP contribution in [0.5, 0.6) is 0 Å². The minimum atomic E-state index is 0.0991. The first kappa shape index (κ1) is 12.7. The van der Waals surface area contributed by atoms with Crippen LogP contribution >= 0.6 is 11.6 Å². The molecule has 106 valence electrons. The summed E-state index contributed by atoms with van der Waals surface area (Å²) in [5, 5.41) is 11.4. The van der Waals surface area contributed by atoms with Gasteiger partial charge in [-0.25, -0.2) is 0 Å². The molecule has 1 heterocycles. The maximum atomic E-state index is 9.54. The van der Waals surface area contributed by atoms with Crippen LogP contribution in [0, 0.1) is 17.8 Å². The Labute approximate surface area is 124 Å². The lowest BCUT2D eigenvalue weighted by atomic mass is 9.89. The van der Waals surface area contributed by atoms with E-state index in [9.17, 15) is 5.11 Å². The van der Waals surface area contributed by atoms with Crippen LogP contribution in [-0.2, 0) is 13.2 Å². The van der Waals surface area contributed by atoms with Crippen molar-refractivity contribution < 1.29 is 5.11 Å². The largest absolute Gasteiger partial charge is 0.392 e. The molecule has 2 saturated carbocycles. The number of aliphatic hydroxyl groups is 1. The number of hydrogen-bond donors (Lipinski definition) is 1. The van der Waals surface area contributed by atoms with Crippen molar-refractivity contribution in [1.29, 1.82) is 0 Å². The molecule has 2 aromatic rings. The number of halogens is 1. The Morgan fingerprint density at radius 3 is 2.85 bits per heavy atom. The van der Waals surface area contributed by atoms with E-state index in [1.807, 2.05) is 18.2 Å². The summed E-state index contributed by atoms with van der Waals surface area (Å²) in [7, 11) is 0. The number of rotatable bonds is 3. The molecule has 3 heteroatoms. The highest BCUT2D eigenvalue weighted by atomic mass is 35.5. The molecule has 2 nitrogen and oxygen atoms in total. The molecule has 1 aromatic heterocycles. The van der Waals surface area contributed by atoms with Gasteiger partial charge >= 0.3 is 0 Å². The van der Waals surface area contributed by atoms with Gasteiger partial charge in [-0.2, -0.15) is 0 Å². The van der Waals surface area contributed by atoms with Gasteiger partial charge in [0.25, 0.3) is 0 Å². The van der Waals surface area contributed by atoms with E-state index >= 15 is 0 Å². The van der Waals surface area contributed by atoms with Crippen molar-refractivity contribution in [3.05, 3.63) is 35.0 Å². The third-order valence-electron chi connectivity index (χ3n) is 5.41. The summed E-state index contributed by atoms with van der Waals surface area (Å²) in [4.78, 5) is 0. The van der Waals surface area contributed by atoms with Crippen LogP contribution < -0.4 is 0 Å². The molecule has 4 rings (SSSR count). The van der Waals surface area contributed by atoms with E-state index in [1.165, 1.54) is 31.2 Å². The predicted octanol–water partition coefficient (Wildman–Crippen LogP) is 4.22. The number of hydrogen-bond acceptors (Lipinski definition) is 1. The second kappa shape index (κ2) is 4.78. The average Bonchev–Trinajstić information content (AvgIpc) is 3.13. The Hall–Kier alpha value is -0.990. The fourth-order valence-corrected chi connectivity index (χ4v) is 4.64. The van der Waals surface area contributed by atoms with Crippen LogP contribution in [0.15, 0.2) is 24.4 Å². The molecule has 3 atom stereocenters. The zero-order chi connectivity index (χ0) is 13.7. The third kappa shape index (κ3) is 1.97. The Balaban J connectivity index is 1.70. The first-order chi connectivity index (χ1) is 9.74. The minimum absolute atomic E-state index is 0.0991. The fraction of sp³-hybridized carbons (Fsp3) is 0.529. The molecule has 2 aliphatic carbocycles. The van der Waals surface area contributed by atoms with Crippen LogP contribution in [0.3, 0.4) is 0 Å². The average molecular weight is 290 g/mol. The summed E-state index contributed by atoms with van der Waals surface area (Å²) in [6, 6.07) is 5.97. The predicted molar refractivity (Wildman–Crippen MR) is 81.8 cm³/mol. The summed E-state index contributed by atoms with van der Waals surface area (Å²) >= 11 is 6.15. The number of fused-ring (bicyclic) bond motifs is 3. The third-order valence-corrected chi connectivity index (χ3v) is 5.65. The second-order valence-electron chi connectivity index (χ2n) is 6.56. The second-order valence-corrected chi connectivity index (χ2v) is 7.00. The summed E-state index contributed by atoms with van der Waals surface area (Å²) in [5.41, 5.74) is 2.18. The van der Waals surface area contributed by atoms with Gasteiger partial charge in [0.05, 0.1) is 6.61 Å². The number of benzene rings is 1. The highest BCUT2D eigenvalue weighted by Crippen LogP contribution is 2.49. The summed E-state index contributed by atoms with van der Waals surface area (Å²) < 4.78 is 2.32. The van der Waals surface area contributed by atoms with E-state index in [0.29, 0.717) is 0 Å². The van der Waals surface area contributed by atoms with Gasteiger partial charge in [-0.1, -0.05) is 24.1 Å². The maximum absolute atomic E-state index is 9.54. The van der Waals surface area contributed by atoms with Gasteiger partial charge in [0.15, 0.2) is 0 Å². The standard InChI is InChI=1S/C17H20ClNO/c18-15-3-4-16-14(10-20)9-19(17(16)7-15)8-13-6-11-1-2-12(13)5-11/h3-4,7,9,11-13,20H,1-2,5-6,8,10H2. The van der Waals surface area contributed by atoms with E-state index in [4.69, 9.17) is 11.6 Å². The van der Waals surface area contributed by atoms with Crippen molar-refractivity contribution in [2.45, 2.75) is 38.8 Å². The van der Waals surface area contributed by atoms with E-state index in [-0.39, 0.29) is 6.61 Å². The first-order valence-corrected chi connectivity index (χ1v) is 8.00. The maximum Gasteiger partial charge on any atom is 0.0702 e. The molecule has 0 spiro atoms. The van der Waals surface area contributed by atoms with Crippen molar-refractivity contribution in [3.8, 4) is 0 Å². The van der Waals surface area contributed by atoms with Crippen LogP contribution in [0.2, 0.25) is 5.02 Å². The number of aliphatic hydroxyl groups excluding tert-OH is 1. The van der Waals surface area contributed by atoms with Gasteiger partial charge in [-0.3, -0.25) is 0 Å². The molecule has 2 aliphatic rings. The highest BCUT2D eigenvalue weighted by molar-refractivity contribution is 6.31. The molecule has 2 bridgehead atoms. The molecule has 3 unspecified atom stereocenters. The van der Waals surface area contributed by atoms with Crippen molar-refractivity contribution in [2.75, 3.05) is 0 Å².